The molecule has 0 aliphatic rings. The molecule has 1 unspecified atom stereocenters. The minimum atomic E-state index is -2.28. The highest BCUT2D eigenvalue weighted by Gasteiger charge is 1.94. The van der Waals surface area contributed by atoms with Crippen molar-refractivity contribution in [1.29, 1.82) is 0 Å². The predicted molar refractivity (Wildman–Crippen MR) is 68.7 cm³/mol. The third kappa shape index (κ3) is 3.58. The van der Waals surface area contributed by atoms with Crippen molar-refractivity contribution in [3.8, 4) is 0 Å². The van der Waals surface area contributed by atoms with E-state index in [0.717, 1.165) is 11.4 Å². The fourth-order valence-electron chi connectivity index (χ4n) is 1.41. The van der Waals surface area contributed by atoms with Crippen LogP contribution in [-0.4, -0.2) is 8.76 Å². The summed E-state index contributed by atoms with van der Waals surface area (Å²) in [4.78, 5) is 0. The summed E-state index contributed by atoms with van der Waals surface area (Å²) in [5.41, 5.74) is 2.43. The molecule has 0 aliphatic carbocycles. The Labute approximate surface area is 102 Å². The van der Waals surface area contributed by atoms with Crippen molar-refractivity contribution in [1.82, 2.24) is 0 Å². The van der Waals surface area contributed by atoms with Crippen LogP contribution < -0.4 is 10.0 Å². The van der Waals surface area contributed by atoms with Crippen molar-refractivity contribution in [2.75, 3.05) is 10.0 Å². The highest BCUT2D eigenvalue weighted by molar-refractivity contribution is 7.80. The van der Waals surface area contributed by atoms with Gasteiger partial charge in [-0.3, -0.25) is 4.21 Å². The Hall–Kier alpha value is -1.85. The van der Waals surface area contributed by atoms with E-state index in [-0.39, 0.29) is 0 Å². The van der Waals surface area contributed by atoms with Crippen molar-refractivity contribution < 1.29 is 8.76 Å². The van der Waals surface area contributed by atoms with Crippen LogP contribution in [0, 0.1) is 0 Å². The van der Waals surface area contributed by atoms with Crippen molar-refractivity contribution >= 4 is 28.3 Å². The molecule has 0 aliphatic heterocycles. The summed E-state index contributed by atoms with van der Waals surface area (Å²) in [5, 5.41) is 3.20. The van der Waals surface area contributed by atoms with Crippen molar-refractivity contribution in [3.63, 3.8) is 0 Å². The molecule has 0 amide bonds. The Morgan fingerprint density at radius 2 is 1.35 bits per heavy atom. The first kappa shape index (κ1) is 11.6. The molecule has 1 atom stereocenters. The maximum Gasteiger partial charge on any atom is 0.0453 e. The third-order valence-corrected chi connectivity index (χ3v) is 2.55. The molecule has 0 radical (unpaired) electrons. The van der Waals surface area contributed by atoms with Crippen molar-refractivity contribution in [2.24, 2.45) is 0 Å². The topological polar surface area (TPSA) is 64.2 Å². The quantitative estimate of drug-likeness (QED) is 0.816. The van der Waals surface area contributed by atoms with Gasteiger partial charge in [-0.05, 0) is 36.4 Å². The SMILES string of the molecule is O=S([O-])Nc1ccc(Nc2ccccc2)cc1. The van der Waals surface area contributed by atoms with Gasteiger partial charge in [-0.25, -0.2) is 0 Å². The summed E-state index contributed by atoms with van der Waals surface area (Å²) in [6.07, 6.45) is 0. The van der Waals surface area contributed by atoms with Crippen LogP contribution in [0.15, 0.2) is 54.6 Å². The molecule has 0 fully saturated rings. The number of nitrogens with one attached hydrogen (secondary N) is 2. The molecular formula is C12H11N2O2S-. The lowest BCUT2D eigenvalue weighted by molar-refractivity contribution is 0.542. The second-order valence-corrected chi connectivity index (χ2v) is 4.08. The molecule has 5 heteroatoms. The van der Waals surface area contributed by atoms with Gasteiger partial charge in [0.15, 0.2) is 0 Å². The Morgan fingerprint density at radius 3 is 1.94 bits per heavy atom. The average Bonchev–Trinajstić information content (AvgIpc) is 2.32. The van der Waals surface area contributed by atoms with Gasteiger partial charge in [0, 0.05) is 28.3 Å². The minimum absolute atomic E-state index is 0.539. The maximum atomic E-state index is 10.4. The van der Waals surface area contributed by atoms with Crippen LogP contribution in [0.3, 0.4) is 0 Å². The lowest BCUT2D eigenvalue weighted by Gasteiger charge is -2.10. The number of hydrogen-bond donors (Lipinski definition) is 2. The van der Waals surface area contributed by atoms with E-state index in [1.165, 1.54) is 0 Å². The van der Waals surface area contributed by atoms with Gasteiger partial charge in [0.05, 0.1) is 0 Å². The van der Waals surface area contributed by atoms with E-state index in [9.17, 15) is 8.76 Å². The van der Waals surface area contributed by atoms with Crippen molar-refractivity contribution in [3.05, 3.63) is 54.6 Å². The fourth-order valence-corrected chi connectivity index (χ4v) is 1.73. The van der Waals surface area contributed by atoms with E-state index in [4.69, 9.17) is 0 Å². The first-order valence-corrected chi connectivity index (χ1v) is 6.09. The summed E-state index contributed by atoms with van der Waals surface area (Å²) in [5.74, 6) is 0. The standard InChI is InChI=1S/C12H12N2O2S/c15-17(16)14-12-8-6-11(7-9-12)13-10-4-2-1-3-5-10/h1-9,13-14H,(H,15,16)/p-1. The molecule has 2 N–H and O–H groups in total. The first-order valence-electron chi connectivity index (χ1n) is 5.02. The van der Waals surface area contributed by atoms with Crippen LogP contribution >= 0.6 is 0 Å². The summed E-state index contributed by atoms with van der Waals surface area (Å²) >= 11 is -2.28. The Bertz CT molecular complexity index is 500. The first-order chi connectivity index (χ1) is 8.24. The van der Waals surface area contributed by atoms with Crippen LogP contribution in [-0.2, 0) is 11.3 Å². The lowest BCUT2D eigenvalue weighted by Crippen LogP contribution is -2.01. The van der Waals surface area contributed by atoms with Crippen LogP contribution in [0.25, 0.3) is 0 Å². The zero-order valence-corrected chi connectivity index (χ0v) is 9.74. The Kier molecular flexibility index (Phi) is 3.74. The highest BCUT2D eigenvalue weighted by Crippen LogP contribution is 2.18. The molecule has 2 aromatic rings. The summed E-state index contributed by atoms with van der Waals surface area (Å²) in [6.45, 7) is 0. The van der Waals surface area contributed by atoms with Gasteiger partial charge in [0.1, 0.15) is 0 Å². The molecule has 0 bridgehead atoms. The highest BCUT2D eigenvalue weighted by atomic mass is 32.2. The van der Waals surface area contributed by atoms with E-state index < -0.39 is 11.3 Å². The molecule has 17 heavy (non-hydrogen) atoms. The summed E-state index contributed by atoms with van der Waals surface area (Å²) in [6, 6.07) is 16.8. The second-order valence-electron chi connectivity index (χ2n) is 3.41. The van der Waals surface area contributed by atoms with Gasteiger partial charge >= 0.3 is 0 Å². The molecule has 88 valence electrons. The van der Waals surface area contributed by atoms with E-state index in [0.29, 0.717) is 5.69 Å². The zero-order valence-electron chi connectivity index (χ0n) is 8.92. The molecule has 0 spiro atoms. The molecule has 0 saturated heterocycles. The fraction of sp³-hybridized carbons (Fsp3) is 0. The predicted octanol–water partition coefficient (Wildman–Crippen LogP) is 2.64. The van der Waals surface area contributed by atoms with E-state index in [1.54, 1.807) is 12.1 Å². The Balaban J connectivity index is 2.06. The van der Waals surface area contributed by atoms with Gasteiger partial charge in [-0.15, -0.1) is 0 Å². The molecule has 0 aromatic heterocycles. The maximum absolute atomic E-state index is 10.4. The number of rotatable bonds is 4. The molecule has 0 saturated carbocycles. The largest absolute Gasteiger partial charge is 0.755 e. The molecule has 2 rings (SSSR count). The number of para-hydroxylation sites is 1. The van der Waals surface area contributed by atoms with Gasteiger partial charge in [0.2, 0.25) is 0 Å². The molecular weight excluding hydrogens is 236 g/mol. The van der Waals surface area contributed by atoms with Crippen LogP contribution in [0.2, 0.25) is 0 Å². The zero-order chi connectivity index (χ0) is 12.1. The van der Waals surface area contributed by atoms with Crippen LogP contribution in [0.5, 0.6) is 0 Å². The third-order valence-electron chi connectivity index (χ3n) is 2.15. The summed E-state index contributed by atoms with van der Waals surface area (Å²) < 4.78 is 23.1. The summed E-state index contributed by atoms with van der Waals surface area (Å²) in [7, 11) is 0. The lowest BCUT2D eigenvalue weighted by atomic mass is 10.2. The second kappa shape index (κ2) is 5.47. The number of anilines is 3. The van der Waals surface area contributed by atoms with Gasteiger partial charge in [0.25, 0.3) is 0 Å². The van der Waals surface area contributed by atoms with E-state index >= 15 is 0 Å². The number of benzene rings is 2. The normalized spacial score (nSPS) is 11.8. The van der Waals surface area contributed by atoms with E-state index in [1.807, 2.05) is 42.5 Å². The molecule has 4 nitrogen and oxygen atoms in total. The van der Waals surface area contributed by atoms with Gasteiger partial charge in [-0.1, -0.05) is 18.2 Å². The minimum Gasteiger partial charge on any atom is -0.755 e. The Morgan fingerprint density at radius 1 is 0.824 bits per heavy atom. The smallest absolute Gasteiger partial charge is 0.0453 e. The van der Waals surface area contributed by atoms with Crippen LogP contribution in [0.1, 0.15) is 0 Å². The van der Waals surface area contributed by atoms with E-state index in [2.05, 4.69) is 10.0 Å². The van der Waals surface area contributed by atoms with Gasteiger partial charge in [-0.2, -0.15) is 0 Å². The molecule has 0 heterocycles. The molecule has 2 aromatic carbocycles. The monoisotopic (exact) mass is 247 g/mol. The van der Waals surface area contributed by atoms with Gasteiger partial charge < -0.3 is 14.6 Å². The van der Waals surface area contributed by atoms with Crippen LogP contribution in [0.4, 0.5) is 17.1 Å². The average molecular weight is 247 g/mol. The van der Waals surface area contributed by atoms with Crippen molar-refractivity contribution in [2.45, 2.75) is 0 Å². The number of hydrogen-bond acceptors (Lipinski definition) is 3.